The number of aromatic nitrogens is 1. The normalized spacial score (nSPS) is 18.5. The van der Waals surface area contributed by atoms with Crippen LogP contribution in [0, 0.1) is 0 Å². The number of nitrogens with zero attached hydrogens (tertiary/aromatic N) is 1. The van der Waals surface area contributed by atoms with E-state index < -0.39 is 6.10 Å². The lowest BCUT2D eigenvalue weighted by atomic mass is 10.0. The van der Waals surface area contributed by atoms with Crippen LogP contribution in [0.15, 0.2) is 35.5 Å². The van der Waals surface area contributed by atoms with Crippen molar-refractivity contribution in [2.45, 2.75) is 43.0 Å². The SMILES string of the molecule is CSc1ccc(C(O)Cc2c(Cl)cncc2Cl)cc1OC1CCCCO1. The maximum absolute atomic E-state index is 10.7. The second-order valence-corrected chi connectivity index (χ2v) is 7.79. The molecule has 1 saturated heterocycles. The van der Waals surface area contributed by atoms with Crippen molar-refractivity contribution in [3.05, 3.63) is 51.8 Å². The molecule has 4 nitrogen and oxygen atoms in total. The lowest BCUT2D eigenvalue weighted by Gasteiger charge is -2.25. The Morgan fingerprint density at radius 1 is 1.31 bits per heavy atom. The zero-order valence-electron chi connectivity index (χ0n) is 14.5. The van der Waals surface area contributed by atoms with Crippen molar-refractivity contribution in [3.63, 3.8) is 0 Å². The van der Waals surface area contributed by atoms with Gasteiger partial charge in [-0.3, -0.25) is 4.98 Å². The van der Waals surface area contributed by atoms with E-state index in [1.807, 2.05) is 24.5 Å². The number of thioether (sulfide) groups is 1. The first-order valence-electron chi connectivity index (χ1n) is 8.50. The molecule has 2 aromatic rings. The minimum absolute atomic E-state index is 0.230. The Morgan fingerprint density at radius 2 is 2.08 bits per heavy atom. The highest BCUT2D eigenvalue weighted by Gasteiger charge is 2.19. The Morgan fingerprint density at radius 3 is 2.73 bits per heavy atom. The van der Waals surface area contributed by atoms with Crippen LogP contribution in [-0.2, 0) is 11.2 Å². The van der Waals surface area contributed by atoms with Crippen molar-refractivity contribution < 1.29 is 14.6 Å². The maximum atomic E-state index is 10.7. The quantitative estimate of drug-likeness (QED) is 0.651. The molecule has 2 unspecified atom stereocenters. The number of aliphatic hydroxyl groups excluding tert-OH is 1. The van der Waals surface area contributed by atoms with E-state index in [1.165, 1.54) is 12.4 Å². The van der Waals surface area contributed by atoms with Gasteiger partial charge >= 0.3 is 0 Å². The van der Waals surface area contributed by atoms with Crippen molar-refractivity contribution >= 4 is 35.0 Å². The Balaban J connectivity index is 1.79. The molecule has 26 heavy (non-hydrogen) atoms. The lowest BCUT2D eigenvalue weighted by molar-refractivity contribution is -0.107. The van der Waals surface area contributed by atoms with Gasteiger partial charge < -0.3 is 14.6 Å². The van der Waals surface area contributed by atoms with E-state index in [2.05, 4.69) is 4.98 Å². The number of hydrogen-bond acceptors (Lipinski definition) is 5. The molecule has 0 saturated carbocycles. The zero-order valence-corrected chi connectivity index (χ0v) is 16.8. The third kappa shape index (κ3) is 4.84. The predicted octanol–water partition coefficient (Wildman–Crippen LogP) is 5.29. The Hall–Kier alpha value is -0.980. The zero-order chi connectivity index (χ0) is 18.5. The first kappa shape index (κ1) is 19.8. The van der Waals surface area contributed by atoms with Crippen molar-refractivity contribution in [1.82, 2.24) is 4.98 Å². The summed E-state index contributed by atoms with van der Waals surface area (Å²) < 4.78 is 11.7. The van der Waals surface area contributed by atoms with Gasteiger partial charge in [-0.05, 0) is 42.4 Å². The Labute approximate surface area is 167 Å². The fourth-order valence-corrected chi connectivity index (χ4v) is 3.91. The van der Waals surface area contributed by atoms with Crippen molar-refractivity contribution in [2.75, 3.05) is 12.9 Å². The van der Waals surface area contributed by atoms with Crippen LogP contribution in [0.2, 0.25) is 10.0 Å². The topological polar surface area (TPSA) is 51.6 Å². The molecule has 2 heterocycles. The number of halogens is 2. The van der Waals surface area contributed by atoms with E-state index in [-0.39, 0.29) is 6.29 Å². The summed E-state index contributed by atoms with van der Waals surface area (Å²) in [6.45, 7) is 0.723. The lowest BCUT2D eigenvalue weighted by Crippen LogP contribution is -2.25. The van der Waals surface area contributed by atoms with Crippen molar-refractivity contribution in [2.24, 2.45) is 0 Å². The molecule has 0 bridgehead atoms. The van der Waals surface area contributed by atoms with Crippen molar-refractivity contribution in [3.8, 4) is 5.75 Å². The molecular weight excluding hydrogens is 393 g/mol. The summed E-state index contributed by atoms with van der Waals surface area (Å²) in [6.07, 6.45) is 7.42. The highest BCUT2D eigenvalue weighted by Crippen LogP contribution is 2.34. The Bertz CT molecular complexity index is 733. The van der Waals surface area contributed by atoms with E-state index in [9.17, 15) is 5.11 Å². The molecule has 140 valence electrons. The van der Waals surface area contributed by atoms with E-state index in [1.54, 1.807) is 11.8 Å². The van der Waals surface area contributed by atoms with Crippen molar-refractivity contribution in [1.29, 1.82) is 0 Å². The molecule has 1 aliphatic heterocycles. The van der Waals surface area contributed by atoms with E-state index in [4.69, 9.17) is 32.7 Å². The highest BCUT2D eigenvalue weighted by atomic mass is 35.5. The summed E-state index contributed by atoms with van der Waals surface area (Å²) in [4.78, 5) is 4.95. The molecule has 0 radical (unpaired) electrons. The number of rotatable bonds is 6. The van der Waals surface area contributed by atoms with Crippen LogP contribution in [0.25, 0.3) is 0 Å². The average Bonchev–Trinajstić information content (AvgIpc) is 2.65. The molecule has 1 aliphatic rings. The van der Waals surface area contributed by atoms with Crippen LogP contribution >= 0.6 is 35.0 Å². The minimum atomic E-state index is -0.752. The second kappa shape index (κ2) is 9.29. The number of benzene rings is 1. The van der Waals surface area contributed by atoms with Crippen LogP contribution in [0.4, 0.5) is 0 Å². The smallest absolute Gasteiger partial charge is 0.199 e. The predicted molar refractivity (Wildman–Crippen MR) is 105 cm³/mol. The van der Waals surface area contributed by atoms with Gasteiger partial charge in [0.25, 0.3) is 0 Å². The third-order valence-corrected chi connectivity index (χ3v) is 5.75. The van der Waals surface area contributed by atoms with E-state index in [0.29, 0.717) is 22.0 Å². The summed E-state index contributed by atoms with van der Waals surface area (Å²) in [5.41, 5.74) is 1.43. The van der Waals surface area contributed by atoms with Gasteiger partial charge in [-0.25, -0.2) is 0 Å². The van der Waals surface area contributed by atoms with Crippen LogP contribution < -0.4 is 4.74 Å². The molecule has 1 fully saturated rings. The average molecular weight is 414 g/mol. The number of aliphatic hydroxyl groups is 1. The monoisotopic (exact) mass is 413 g/mol. The molecule has 0 amide bonds. The number of ether oxygens (including phenoxy) is 2. The molecule has 0 aliphatic carbocycles. The first-order valence-corrected chi connectivity index (χ1v) is 10.5. The summed E-state index contributed by atoms with van der Waals surface area (Å²) in [6, 6.07) is 5.72. The Kier molecular flexibility index (Phi) is 7.06. The molecular formula is C19H21Cl2NO3S. The van der Waals surface area contributed by atoms with Gasteiger partial charge in [-0.2, -0.15) is 0 Å². The minimum Gasteiger partial charge on any atom is -0.464 e. The van der Waals surface area contributed by atoms with Gasteiger partial charge in [0.15, 0.2) is 6.29 Å². The molecule has 1 N–H and O–H groups in total. The molecule has 7 heteroatoms. The molecule has 1 aromatic heterocycles. The highest BCUT2D eigenvalue weighted by molar-refractivity contribution is 7.98. The number of hydrogen-bond donors (Lipinski definition) is 1. The summed E-state index contributed by atoms with van der Waals surface area (Å²) in [5.74, 6) is 0.730. The van der Waals surface area contributed by atoms with Crippen LogP contribution in [0.1, 0.15) is 36.5 Å². The first-order chi connectivity index (χ1) is 12.6. The summed E-state index contributed by atoms with van der Waals surface area (Å²) in [5, 5.41) is 11.6. The number of pyridine rings is 1. The van der Waals surface area contributed by atoms with Gasteiger partial charge in [0, 0.05) is 30.1 Å². The van der Waals surface area contributed by atoms with Crippen LogP contribution in [0.5, 0.6) is 5.75 Å². The fourth-order valence-electron chi connectivity index (χ4n) is 2.88. The standard InChI is InChI=1S/C19H21Cl2NO3S/c1-26-18-6-5-12(8-17(18)25-19-4-2-3-7-24-19)16(23)9-13-14(20)10-22-11-15(13)21/h5-6,8,10-11,16,19,23H,2-4,7,9H2,1H3. The second-order valence-electron chi connectivity index (χ2n) is 6.13. The van der Waals surface area contributed by atoms with Gasteiger partial charge in [0.1, 0.15) is 5.75 Å². The van der Waals surface area contributed by atoms with Gasteiger partial charge in [-0.1, -0.05) is 29.3 Å². The van der Waals surface area contributed by atoms with Gasteiger partial charge in [0.2, 0.25) is 0 Å². The van der Waals surface area contributed by atoms with E-state index in [0.717, 1.165) is 42.1 Å². The van der Waals surface area contributed by atoms with Crippen LogP contribution in [-0.4, -0.2) is 29.2 Å². The van der Waals surface area contributed by atoms with Gasteiger partial charge in [0.05, 0.1) is 22.8 Å². The molecule has 0 spiro atoms. The van der Waals surface area contributed by atoms with E-state index >= 15 is 0 Å². The van der Waals surface area contributed by atoms with Crippen LogP contribution in [0.3, 0.4) is 0 Å². The third-order valence-electron chi connectivity index (χ3n) is 4.32. The molecule has 2 atom stereocenters. The maximum Gasteiger partial charge on any atom is 0.199 e. The van der Waals surface area contributed by atoms with Gasteiger partial charge in [-0.15, -0.1) is 11.8 Å². The molecule has 1 aromatic carbocycles. The molecule has 3 rings (SSSR count). The largest absolute Gasteiger partial charge is 0.464 e. The summed E-state index contributed by atoms with van der Waals surface area (Å²) >= 11 is 13.9. The fraction of sp³-hybridized carbons (Fsp3) is 0.421. The summed E-state index contributed by atoms with van der Waals surface area (Å²) in [7, 11) is 0.